The second-order valence-corrected chi connectivity index (χ2v) is 3.91. The van der Waals surface area contributed by atoms with Crippen molar-refractivity contribution in [3.63, 3.8) is 0 Å². The Morgan fingerprint density at radius 3 is 2.30 bits per heavy atom. The van der Waals surface area contributed by atoms with Crippen molar-refractivity contribution in [1.82, 2.24) is 4.98 Å². The number of aromatic nitrogens is 1. The Kier molecular flexibility index (Phi) is 3.88. The molecule has 0 saturated carbocycles. The zero-order valence-electron chi connectivity index (χ0n) is 10.4. The van der Waals surface area contributed by atoms with Crippen molar-refractivity contribution in [2.45, 2.75) is 0 Å². The molecule has 1 aromatic heterocycles. The lowest BCUT2D eigenvalue weighted by molar-refractivity contribution is 0.102. The molecule has 104 valence electrons. The summed E-state index contributed by atoms with van der Waals surface area (Å²) in [4.78, 5) is 15.7. The molecule has 1 amide bonds. The van der Waals surface area contributed by atoms with Gasteiger partial charge in [-0.3, -0.25) is 4.79 Å². The summed E-state index contributed by atoms with van der Waals surface area (Å²) in [6.45, 7) is 0. The summed E-state index contributed by atoms with van der Waals surface area (Å²) in [6, 6.07) is 3.56. The van der Waals surface area contributed by atoms with Crippen molar-refractivity contribution in [2.75, 3.05) is 17.7 Å². The van der Waals surface area contributed by atoms with Crippen LogP contribution in [-0.2, 0) is 0 Å². The third-order valence-corrected chi connectivity index (χ3v) is 2.46. The molecule has 0 aliphatic carbocycles. The van der Waals surface area contributed by atoms with E-state index >= 15 is 0 Å². The van der Waals surface area contributed by atoms with Gasteiger partial charge in [-0.25, -0.2) is 18.2 Å². The molecule has 20 heavy (non-hydrogen) atoms. The molecule has 4 nitrogen and oxygen atoms in total. The number of nitrogens with zero attached hydrogens (tertiary/aromatic N) is 1. The van der Waals surface area contributed by atoms with Gasteiger partial charge in [0, 0.05) is 18.8 Å². The Bertz CT molecular complexity index is 641. The molecule has 2 aromatic rings. The van der Waals surface area contributed by atoms with E-state index in [1.807, 2.05) is 0 Å². The highest BCUT2D eigenvalue weighted by atomic mass is 19.1. The smallest absolute Gasteiger partial charge is 0.259 e. The Labute approximate surface area is 112 Å². The largest absolute Gasteiger partial charge is 0.372 e. The molecule has 2 N–H and O–H groups in total. The molecular formula is C13H10F3N3O. The highest BCUT2D eigenvalue weighted by Gasteiger charge is 2.14. The number of hydrogen-bond donors (Lipinski definition) is 2. The molecule has 0 aliphatic heterocycles. The highest BCUT2D eigenvalue weighted by molar-refractivity contribution is 6.07. The minimum absolute atomic E-state index is 0.0705. The van der Waals surface area contributed by atoms with Crippen LogP contribution in [-0.4, -0.2) is 17.9 Å². The second kappa shape index (κ2) is 5.60. The molecule has 2 rings (SSSR count). The van der Waals surface area contributed by atoms with Gasteiger partial charge in [0.1, 0.15) is 23.3 Å². The first kappa shape index (κ1) is 13.9. The van der Waals surface area contributed by atoms with Gasteiger partial charge < -0.3 is 10.6 Å². The first-order chi connectivity index (χ1) is 9.49. The second-order valence-electron chi connectivity index (χ2n) is 3.91. The van der Waals surface area contributed by atoms with Crippen LogP contribution in [0.3, 0.4) is 0 Å². The van der Waals surface area contributed by atoms with E-state index in [4.69, 9.17) is 0 Å². The van der Waals surface area contributed by atoms with Crippen molar-refractivity contribution in [3.05, 3.63) is 53.5 Å². The molecule has 0 radical (unpaired) electrons. The molecule has 0 saturated heterocycles. The fourth-order valence-electron chi connectivity index (χ4n) is 1.64. The molecule has 0 spiro atoms. The van der Waals surface area contributed by atoms with E-state index in [1.165, 1.54) is 7.05 Å². The summed E-state index contributed by atoms with van der Waals surface area (Å²) in [7, 11) is 1.51. The number of rotatable bonds is 3. The first-order valence-electron chi connectivity index (χ1n) is 5.60. The number of carbonyl (C=O) groups excluding carboxylic acids is 1. The third kappa shape index (κ3) is 3.05. The number of halogens is 3. The molecular weight excluding hydrogens is 271 g/mol. The average Bonchev–Trinajstić information content (AvgIpc) is 2.37. The van der Waals surface area contributed by atoms with Crippen LogP contribution in [0.2, 0.25) is 0 Å². The summed E-state index contributed by atoms with van der Waals surface area (Å²) in [5, 5.41) is 4.90. The Hall–Kier alpha value is -2.57. The van der Waals surface area contributed by atoms with Crippen molar-refractivity contribution in [1.29, 1.82) is 0 Å². The van der Waals surface area contributed by atoms with Crippen molar-refractivity contribution in [3.8, 4) is 0 Å². The van der Waals surface area contributed by atoms with E-state index in [0.29, 0.717) is 6.07 Å². The average molecular weight is 281 g/mol. The van der Waals surface area contributed by atoms with Crippen LogP contribution in [0.1, 0.15) is 10.4 Å². The lowest BCUT2D eigenvalue weighted by Gasteiger charge is -2.09. The zero-order chi connectivity index (χ0) is 14.7. The third-order valence-electron chi connectivity index (χ3n) is 2.46. The predicted octanol–water partition coefficient (Wildman–Crippen LogP) is 2.79. The summed E-state index contributed by atoms with van der Waals surface area (Å²) >= 11 is 0. The van der Waals surface area contributed by atoms with Gasteiger partial charge >= 0.3 is 0 Å². The van der Waals surface area contributed by atoms with Crippen LogP contribution in [0.4, 0.5) is 24.7 Å². The quantitative estimate of drug-likeness (QED) is 0.909. The fraction of sp³-hybridized carbons (Fsp3) is 0.0769. The minimum Gasteiger partial charge on any atom is -0.372 e. The van der Waals surface area contributed by atoms with Crippen LogP contribution < -0.4 is 10.6 Å². The number of nitrogens with one attached hydrogen (secondary N) is 2. The van der Waals surface area contributed by atoms with E-state index in [9.17, 15) is 18.0 Å². The first-order valence-corrected chi connectivity index (χ1v) is 5.60. The number of carbonyl (C=O) groups is 1. The predicted molar refractivity (Wildman–Crippen MR) is 68.1 cm³/mol. The molecule has 0 unspecified atom stereocenters. The van der Waals surface area contributed by atoms with Gasteiger partial charge in [-0.05, 0) is 18.2 Å². The monoisotopic (exact) mass is 281 g/mol. The van der Waals surface area contributed by atoms with Gasteiger partial charge in [0.05, 0.1) is 11.8 Å². The fourth-order valence-corrected chi connectivity index (χ4v) is 1.64. The summed E-state index contributed by atoms with van der Waals surface area (Å²) in [6.07, 6.45) is 0.949. The van der Waals surface area contributed by atoms with Gasteiger partial charge in [-0.2, -0.15) is 0 Å². The van der Waals surface area contributed by atoms with E-state index in [2.05, 4.69) is 15.6 Å². The van der Waals surface area contributed by atoms with Gasteiger partial charge in [0.15, 0.2) is 0 Å². The normalized spacial score (nSPS) is 10.2. The van der Waals surface area contributed by atoms with E-state index in [1.54, 1.807) is 0 Å². The van der Waals surface area contributed by atoms with E-state index in [0.717, 1.165) is 24.4 Å². The number of anilines is 2. The maximum Gasteiger partial charge on any atom is 0.259 e. The number of hydrogen-bond acceptors (Lipinski definition) is 3. The Morgan fingerprint density at radius 1 is 1.05 bits per heavy atom. The SMILES string of the molecule is CNc1ncc(F)cc1C(=O)Nc1cc(F)cc(F)c1. The standard InChI is InChI=1S/C13H10F3N3O/c1-17-12-11(5-9(16)6-18-12)13(20)19-10-3-7(14)2-8(15)4-10/h2-6H,1H3,(H,17,18)(H,19,20). The van der Waals surface area contributed by atoms with Gasteiger partial charge in [-0.1, -0.05) is 0 Å². The number of amides is 1. The highest BCUT2D eigenvalue weighted by Crippen LogP contribution is 2.17. The zero-order valence-corrected chi connectivity index (χ0v) is 10.4. The van der Waals surface area contributed by atoms with Gasteiger partial charge in [0.25, 0.3) is 5.91 Å². The van der Waals surface area contributed by atoms with Crippen molar-refractivity contribution < 1.29 is 18.0 Å². The molecule has 1 heterocycles. The lowest BCUT2D eigenvalue weighted by atomic mass is 10.2. The maximum absolute atomic E-state index is 13.1. The molecule has 0 bridgehead atoms. The topological polar surface area (TPSA) is 54.0 Å². The summed E-state index contributed by atoms with van der Waals surface area (Å²) in [5.41, 5.74) is -0.143. The molecule has 0 aliphatic rings. The van der Waals surface area contributed by atoms with Crippen LogP contribution in [0.15, 0.2) is 30.5 Å². The number of benzene rings is 1. The molecule has 0 atom stereocenters. The van der Waals surface area contributed by atoms with E-state index in [-0.39, 0.29) is 17.1 Å². The van der Waals surface area contributed by atoms with Crippen LogP contribution in [0, 0.1) is 17.5 Å². The molecule has 1 aromatic carbocycles. The molecule has 0 fully saturated rings. The maximum atomic E-state index is 13.1. The van der Waals surface area contributed by atoms with Gasteiger partial charge in [0.2, 0.25) is 0 Å². The van der Waals surface area contributed by atoms with Crippen LogP contribution in [0.5, 0.6) is 0 Å². The van der Waals surface area contributed by atoms with Crippen molar-refractivity contribution in [2.24, 2.45) is 0 Å². The van der Waals surface area contributed by atoms with Gasteiger partial charge in [-0.15, -0.1) is 0 Å². The lowest BCUT2D eigenvalue weighted by Crippen LogP contribution is -2.15. The number of pyridine rings is 1. The minimum atomic E-state index is -0.827. The summed E-state index contributed by atoms with van der Waals surface area (Å²) < 4.78 is 39.1. The van der Waals surface area contributed by atoms with Crippen molar-refractivity contribution >= 4 is 17.4 Å². The Balaban J connectivity index is 2.30. The summed E-state index contributed by atoms with van der Waals surface area (Å²) in [5.74, 6) is -2.93. The van der Waals surface area contributed by atoms with Crippen LogP contribution in [0.25, 0.3) is 0 Å². The molecule has 7 heteroatoms. The van der Waals surface area contributed by atoms with E-state index < -0.39 is 23.4 Å². The Morgan fingerprint density at radius 2 is 1.70 bits per heavy atom. The van der Waals surface area contributed by atoms with Crippen LogP contribution >= 0.6 is 0 Å².